The van der Waals surface area contributed by atoms with E-state index in [9.17, 15) is 4.79 Å². The molecule has 0 aliphatic carbocycles. The number of ether oxygens (including phenoxy) is 3. The predicted molar refractivity (Wildman–Crippen MR) is 97.5 cm³/mol. The van der Waals surface area contributed by atoms with E-state index < -0.39 is 5.60 Å². The molecule has 1 fully saturated rings. The van der Waals surface area contributed by atoms with Crippen molar-refractivity contribution in [1.82, 2.24) is 25.0 Å². The lowest BCUT2D eigenvalue weighted by atomic mass is 10.1. The van der Waals surface area contributed by atoms with Crippen LogP contribution in [0.15, 0.2) is 16.9 Å². The smallest absolute Gasteiger partial charge is 0.410 e. The number of rotatable bonds is 5. The molecule has 3 rings (SSSR count). The molecule has 0 spiro atoms. The molecule has 10 heteroatoms. The predicted octanol–water partition coefficient (Wildman–Crippen LogP) is 2.45. The number of aromatic nitrogens is 4. The summed E-state index contributed by atoms with van der Waals surface area (Å²) in [6, 6.07) is 0.272. The fraction of sp³-hybridized carbons (Fsp3) is 0.611. The Morgan fingerprint density at radius 3 is 2.54 bits per heavy atom. The third-order valence-electron chi connectivity index (χ3n) is 4.07. The maximum absolute atomic E-state index is 12.1. The monoisotopic (exact) mass is 391 g/mol. The summed E-state index contributed by atoms with van der Waals surface area (Å²) in [7, 11) is 1.50. The van der Waals surface area contributed by atoms with Gasteiger partial charge in [-0.1, -0.05) is 5.16 Å². The SMILES string of the molecule is COc1ncc(-c2noc(COC3CCN(C(=O)OC(C)(C)C)CC3)n2)cn1. The molecule has 1 saturated heterocycles. The number of piperidine rings is 1. The van der Waals surface area contributed by atoms with Gasteiger partial charge in [0, 0.05) is 25.5 Å². The minimum absolute atomic E-state index is 0.0263. The highest BCUT2D eigenvalue weighted by Crippen LogP contribution is 2.19. The molecular formula is C18H25N5O5. The van der Waals surface area contributed by atoms with E-state index in [-0.39, 0.29) is 24.8 Å². The van der Waals surface area contributed by atoms with Crippen LogP contribution in [0, 0.1) is 0 Å². The maximum atomic E-state index is 12.1. The van der Waals surface area contributed by atoms with Gasteiger partial charge in [-0.05, 0) is 33.6 Å². The number of hydrogen-bond donors (Lipinski definition) is 0. The van der Waals surface area contributed by atoms with Crippen LogP contribution < -0.4 is 4.74 Å². The summed E-state index contributed by atoms with van der Waals surface area (Å²) in [6.45, 7) is 6.98. The van der Waals surface area contributed by atoms with E-state index in [1.165, 1.54) is 7.11 Å². The van der Waals surface area contributed by atoms with Crippen molar-refractivity contribution in [3.63, 3.8) is 0 Å². The van der Waals surface area contributed by atoms with Crippen LogP contribution in [-0.2, 0) is 16.1 Å². The second-order valence-corrected chi connectivity index (χ2v) is 7.45. The minimum atomic E-state index is -0.491. The van der Waals surface area contributed by atoms with Crippen molar-refractivity contribution in [3.05, 3.63) is 18.3 Å². The van der Waals surface area contributed by atoms with Gasteiger partial charge in [-0.2, -0.15) is 4.98 Å². The topological polar surface area (TPSA) is 113 Å². The number of hydrogen-bond acceptors (Lipinski definition) is 9. The van der Waals surface area contributed by atoms with Gasteiger partial charge in [-0.25, -0.2) is 14.8 Å². The summed E-state index contributed by atoms with van der Waals surface area (Å²) in [4.78, 5) is 26.1. The largest absolute Gasteiger partial charge is 0.467 e. The first-order valence-corrected chi connectivity index (χ1v) is 9.12. The zero-order valence-electron chi connectivity index (χ0n) is 16.5. The highest BCUT2D eigenvalue weighted by molar-refractivity contribution is 5.68. The highest BCUT2D eigenvalue weighted by atomic mass is 16.6. The molecule has 10 nitrogen and oxygen atoms in total. The van der Waals surface area contributed by atoms with E-state index in [0.717, 1.165) is 12.8 Å². The van der Waals surface area contributed by atoms with Crippen LogP contribution in [-0.4, -0.2) is 63.0 Å². The molecule has 152 valence electrons. The lowest BCUT2D eigenvalue weighted by molar-refractivity contribution is -0.0231. The van der Waals surface area contributed by atoms with Gasteiger partial charge in [-0.15, -0.1) is 0 Å². The first kappa shape index (κ1) is 20.0. The molecule has 0 saturated carbocycles. The summed E-state index contributed by atoms with van der Waals surface area (Å²) in [5.41, 5.74) is 0.135. The summed E-state index contributed by atoms with van der Waals surface area (Å²) in [6.07, 6.45) is 4.33. The quantitative estimate of drug-likeness (QED) is 0.758. The minimum Gasteiger partial charge on any atom is -0.467 e. The number of carbonyl (C=O) groups excluding carboxylic acids is 1. The summed E-state index contributed by atoms with van der Waals surface area (Å²) >= 11 is 0. The molecular weight excluding hydrogens is 366 g/mol. The Kier molecular flexibility index (Phi) is 6.08. The molecule has 1 amide bonds. The molecule has 3 heterocycles. The molecule has 2 aromatic heterocycles. The van der Waals surface area contributed by atoms with Crippen LogP contribution in [0.4, 0.5) is 4.79 Å². The number of carbonyl (C=O) groups is 1. The van der Waals surface area contributed by atoms with Crippen LogP contribution >= 0.6 is 0 Å². The van der Waals surface area contributed by atoms with Gasteiger partial charge in [0.25, 0.3) is 5.89 Å². The highest BCUT2D eigenvalue weighted by Gasteiger charge is 2.27. The van der Waals surface area contributed by atoms with Crippen LogP contribution in [0.25, 0.3) is 11.4 Å². The van der Waals surface area contributed by atoms with Gasteiger partial charge in [0.1, 0.15) is 12.2 Å². The lowest BCUT2D eigenvalue weighted by Crippen LogP contribution is -2.43. The molecule has 0 radical (unpaired) electrons. The van der Waals surface area contributed by atoms with Gasteiger partial charge in [0.05, 0.1) is 18.8 Å². The zero-order valence-corrected chi connectivity index (χ0v) is 16.5. The average molecular weight is 391 g/mol. The Bertz CT molecular complexity index is 778. The standard InChI is InChI=1S/C18H25N5O5/c1-18(2,3)27-17(24)23-7-5-13(6-8-23)26-11-14-21-15(22-28-14)12-9-19-16(25-4)20-10-12/h9-10,13H,5-8,11H2,1-4H3. The van der Waals surface area contributed by atoms with Gasteiger partial charge in [0.15, 0.2) is 0 Å². The van der Waals surface area contributed by atoms with Gasteiger partial charge in [-0.3, -0.25) is 0 Å². The Labute approximate surface area is 163 Å². The molecule has 0 N–H and O–H groups in total. The molecule has 1 aliphatic heterocycles. The fourth-order valence-electron chi connectivity index (χ4n) is 2.69. The van der Waals surface area contributed by atoms with Crippen LogP contribution in [0.2, 0.25) is 0 Å². The first-order valence-electron chi connectivity index (χ1n) is 9.12. The fourth-order valence-corrected chi connectivity index (χ4v) is 2.69. The molecule has 0 unspecified atom stereocenters. The zero-order chi connectivity index (χ0) is 20.1. The van der Waals surface area contributed by atoms with Crippen molar-refractivity contribution in [3.8, 4) is 17.4 Å². The summed E-state index contributed by atoms with van der Waals surface area (Å²) in [5.74, 6) is 0.765. The number of amides is 1. The average Bonchev–Trinajstić information content (AvgIpc) is 3.14. The van der Waals surface area contributed by atoms with E-state index in [2.05, 4.69) is 20.1 Å². The van der Waals surface area contributed by atoms with Crippen molar-refractivity contribution in [2.45, 2.75) is 51.9 Å². The van der Waals surface area contributed by atoms with Crippen LogP contribution in [0.5, 0.6) is 6.01 Å². The van der Waals surface area contributed by atoms with Gasteiger partial charge in [0.2, 0.25) is 5.82 Å². The second-order valence-electron chi connectivity index (χ2n) is 7.45. The van der Waals surface area contributed by atoms with Gasteiger partial charge >= 0.3 is 12.1 Å². The molecule has 2 aromatic rings. The number of methoxy groups -OCH3 is 1. The summed E-state index contributed by atoms with van der Waals surface area (Å²) < 4.78 is 21.4. The second kappa shape index (κ2) is 8.51. The van der Waals surface area contributed by atoms with Crippen molar-refractivity contribution < 1.29 is 23.5 Å². The van der Waals surface area contributed by atoms with Crippen LogP contribution in [0.3, 0.4) is 0 Å². The van der Waals surface area contributed by atoms with E-state index >= 15 is 0 Å². The van der Waals surface area contributed by atoms with E-state index in [1.54, 1.807) is 17.3 Å². The number of nitrogens with zero attached hydrogens (tertiary/aromatic N) is 5. The Morgan fingerprint density at radius 1 is 1.25 bits per heavy atom. The van der Waals surface area contributed by atoms with E-state index in [1.807, 2.05) is 20.8 Å². The third-order valence-corrected chi connectivity index (χ3v) is 4.07. The van der Waals surface area contributed by atoms with Crippen molar-refractivity contribution >= 4 is 6.09 Å². The Morgan fingerprint density at radius 2 is 1.93 bits per heavy atom. The number of likely N-dealkylation sites (tertiary alicyclic amines) is 1. The van der Waals surface area contributed by atoms with Crippen LogP contribution in [0.1, 0.15) is 39.5 Å². The molecule has 0 bridgehead atoms. The van der Waals surface area contributed by atoms with Gasteiger partial charge < -0.3 is 23.6 Å². The lowest BCUT2D eigenvalue weighted by Gasteiger charge is -2.33. The van der Waals surface area contributed by atoms with Crippen molar-refractivity contribution in [1.29, 1.82) is 0 Å². The normalized spacial score (nSPS) is 15.5. The first-order chi connectivity index (χ1) is 13.3. The molecule has 0 aromatic carbocycles. The third kappa shape index (κ3) is 5.38. The Balaban J connectivity index is 1.45. The molecule has 28 heavy (non-hydrogen) atoms. The van der Waals surface area contributed by atoms with Crippen molar-refractivity contribution in [2.75, 3.05) is 20.2 Å². The maximum Gasteiger partial charge on any atom is 0.410 e. The summed E-state index contributed by atoms with van der Waals surface area (Å²) in [5, 5.41) is 3.92. The molecule has 0 atom stereocenters. The van der Waals surface area contributed by atoms with E-state index in [0.29, 0.717) is 30.4 Å². The van der Waals surface area contributed by atoms with Crippen molar-refractivity contribution in [2.24, 2.45) is 0 Å². The Hall–Kier alpha value is -2.75. The van der Waals surface area contributed by atoms with E-state index in [4.69, 9.17) is 18.7 Å². The molecule has 1 aliphatic rings.